The zero-order chi connectivity index (χ0) is 11.4. The van der Waals surface area contributed by atoms with Crippen LogP contribution in [0.3, 0.4) is 0 Å². The highest BCUT2D eigenvalue weighted by atomic mass is 16.6. The number of rotatable bonds is 4. The van der Waals surface area contributed by atoms with Crippen LogP contribution in [0.4, 0.5) is 0 Å². The molecular weight excluding hydrogens is 200 g/mol. The number of carbonyl (C=O) groups excluding carboxylic acids is 1. The van der Waals surface area contributed by atoms with Crippen LogP contribution in [0, 0.1) is 0 Å². The zero-order valence-electron chi connectivity index (χ0n) is 9.56. The van der Waals surface area contributed by atoms with E-state index in [-0.39, 0.29) is 30.4 Å². The Morgan fingerprint density at radius 1 is 1.40 bits per heavy atom. The maximum atomic E-state index is 10.8. The van der Waals surface area contributed by atoms with Crippen molar-refractivity contribution in [2.45, 2.75) is 38.3 Å². The van der Waals surface area contributed by atoms with Crippen molar-refractivity contribution >= 4 is 5.97 Å². The maximum absolute atomic E-state index is 10.8. The van der Waals surface area contributed by atoms with Crippen LogP contribution in [-0.2, 0) is 23.7 Å². The summed E-state index contributed by atoms with van der Waals surface area (Å²) in [7, 11) is 3.21. The first-order valence-corrected chi connectivity index (χ1v) is 4.94. The van der Waals surface area contributed by atoms with Crippen molar-refractivity contribution in [3.63, 3.8) is 0 Å². The molecule has 0 unspecified atom stereocenters. The van der Waals surface area contributed by atoms with Gasteiger partial charge in [0.1, 0.15) is 24.4 Å². The molecule has 5 nitrogen and oxygen atoms in total. The molecule has 4 atom stereocenters. The van der Waals surface area contributed by atoms with Gasteiger partial charge in [0, 0.05) is 21.1 Å². The Morgan fingerprint density at radius 2 is 2.07 bits per heavy atom. The van der Waals surface area contributed by atoms with Gasteiger partial charge in [-0.1, -0.05) is 0 Å². The van der Waals surface area contributed by atoms with E-state index in [0.717, 1.165) is 0 Å². The Labute approximate surface area is 89.6 Å². The second kappa shape index (κ2) is 5.44. The lowest BCUT2D eigenvalue weighted by molar-refractivity contribution is -0.155. The molecule has 0 aromatic carbocycles. The van der Waals surface area contributed by atoms with Crippen LogP contribution in [0.15, 0.2) is 0 Å². The molecule has 0 amide bonds. The Bertz CT molecular complexity index is 218. The molecule has 5 heteroatoms. The fourth-order valence-corrected chi connectivity index (χ4v) is 1.83. The Morgan fingerprint density at radius 3 is 2.53 bits per heavy atom. The van der Waals surface area contributed by atoms with Crippen LogP contribution >= 0.6 is 0 Å². The predicted octanol–water partition coefficient (Wildman–Crippen LogP) is 0.367. The van der Waals surface area contributed by atoms with Crippen molar-refractivity contribution in [1.82, 2.24) is 0 Å². The molecule has 0 aliphatic carbocycles. The summed E-state index contributed by atoms with van der Waals surface area (Å²) in [4.78, 5) is 10.8. The van der Waals surface area contributed by atoms with Gasteiger partial charge in [0.15, 0.2) is 0 Å². The smallest absolute Gasteiger partial charge is 0.302 e. The highest BCUT2D eigenvalue weighted by Crippen LogP contribution is 2.23. The van der Waals surface area contributed by atoms with E-state index in [0.29, 0.717) is 6.61 Å². The molecule has 1 rings (SSSR count). The average molecular weight is 218 g/mol. The number of esters is 1. The summed E-state index contributed by atoms with van der Waals surface area (Å²) >= 11 is 0. The van der Waals surface area contributed by atoms with Crippen molar-refractivity contribution < 1.29 is 23.7 Å². The van der Waals surface area contributed by atoms with E-state index < -0.39 is 0 Å². The Hall–Kier alpha value is -0.650. The molecule has 0 radical (unpaired) electrons. The summed E-state index contributed by atoms with van der Waals surface area (Å²) in [6.45, 7) is 3.63. The average Bonchev–Trinajstić information content (AvgIpc) is 2.58. The predicted molar refractivity (Wildman–Crippen MR) is 52.6 cm³/mol. The van der Waals surface area contributed by atoms with Gasteiger partial charge in [-0.25, -0.2) is 0 Å². The van der Waals surface area contributed by atoms with E-state index in [1.807, 2.05) is 0 Å². The van der Waals surface area contributed by atoms with Gasteiger partial charge in [0.2, 0.25) is 0 Å². The minimum absolute atomic E-state index is 0.0991. The second-order valence-electron chi connectivity index (χ2n) is 3.59. The molecule has 0 saturated carbocycles. The molecule has 1 fully saturated rings. The quantitative estimate of drug-likeness (QED) is 0.638. The normalized spacial score (nSPS) is 32.7. The van der Waals surface area contributed by atoms with E-state index in [2.05, 4.69) is 0 Å². The molecule has 88 valence electrons. The van der Waals surface area contributed by atoms with Crippen LogP contribution in [-0.4, -0.2) is 51.2 Å². The Balaban J connectivity index is 2.57. The molecule has 0 aromatic rings. The zero-order valence-corrected chi connectivity index (χ0v) is 9.56. The summed E-state index contributed by atoms with van der Waals surface area (Å²) < 4.78 is 21.1. The standard InChI is InChI=1S/C10H18O5/c1-6(15-7(2)11)9-10(13-4)8(12-3)5-14-9/h6,8-10H,5H2,1-4H3/t6-,8+,9+,10-/m1/s1. The van der Waals surface area contributed by atoms with Crippen molar-refractivity contribution in [2.75, 3.05) is 20.8 Å². The van der Waals surface area contributed by atoms with E-state index in [1.54, 1.807) is 21.1 Å². The largest absolute Gasteiger partial charge is 0.460 e. The molecule has 0 aromatic heterocycles. The summed E-state index contributed by atoms with van der Waals surface area (Å²) in [6.07, 6.45) is -0.876. The van der Waals surface area contributed by atoms with Gasteiger partial charge >= 0.3 is 5.97 Å². The van der Waals surface area contributed by atoms with Crippen molar-refractivity contribution in [2.24, 2.45) is 0 Å². The van der Waals surface area contributed by atoms with Gasteiger partial charge < -0.3 is 18.9 Å². The van der Waals surface area contributed by atoms with Crippen molar-refractivity contribution in [3.05, 3.63) is 0 Å². The van der Waals surface area contributed by atoms with Crippen LogP contribution < -0.4 is 0 Å². The highest BCUT2D eigenvalue weighted by Gasteiger charge is 2.42. The SMILES string of the molecule is CO[C@H]1[C@H]([C@@H](C)OC(C)=O)OC[C@@H]1OC. The lowest BCUT2D eigenvalue weighted by atomic mass is 10.1. The third-order valence-corrected chi connectivity index (χ3v) is 2.53. The summed E-state index contributed by atoms with van der Waals surface area (Å²) in [5, 5.41) is 0. The lowest BCUT2D eigenvalue weighted by Gasteiger charge is -2.24. The number of hydrogen-bond donors (Lipinski definition) is 0. The molecular formula is C10H18O5. The minimum Gasteiger partial charge on any atom is -0.460 e. The maximum Gasteiger partial charge on any atom is 0.302 e. The molecule has 0 bridgehead atoms. The third-order valence-electron chi connectivity index (χ3n) is 2.53. The lowest BCUT2D eigenvalue weighted by Crippen LogP contribution is -2.41. The third kappa shape index (κ3) is 2.90. The molecule has 1 aliphatic rings. The van der Waals surface area contributed by atoms with Gasteiger partial charge in [0.25, 0.3) is 0 Å². The number of hydrogen-bond acceptors (Lipinski definition) is 5. The molecule has 1 aliphatic heterocycles. The molecule has 1 saturated heterocycles. The van der Waals surface area contributed by atoms with Crippen LogP contribution in [0.5, 0.6) is 0 Å². The van der Waals surface area contributed by atoms with Gasteiger partial charge in [-0.05, 0) is 6.92 Å². The molecule has 15 heavy (non-hydrogen) atoms. The van der Waals surface area contributed by atoms with Crippen LogP contribution in [0.25, 0.3) is 0 Å². The second-order valence-corrected chi connectivity index (χ2v) is 3.59. The fourth-order valence-electron chi connectivity index (χ4n) is 1.83. The molecule has 1 heterocycles. The minimum atomic E-state index is -0.326. The Kier molecular flexibility index (Phi) is 4.50. The van der Waals surface area contributed by atoms with Crippen LogP contribution in [0.2, 0.25) is 0 Å². The van der Waals surface area contributed by atoms with Crippen LogP contribution in [0.1, 0.15) is 13.8 Å². The van der Waals surface area contributed by atoms with Gasteiger partial charge in [0.05, 0.1) is 6.61 Å². The first kappa shape index (κ1) is 12.4. The van der Waals surface area contributed by atoms with Gasteiger partial charge in [-0.15, -0.1) is 0 Å². The van der Waals surface area contributed by atoms with E-state index >= 15 is 0 Å². The van der Waals surface area contributed by atoms with E-state index in [4.69, 9.17) is 18.9 Å². The van der Waals surface area contributed by atoms with Gasteiger partial charge in [-0.2, -0.15) is 0 Å². The summed E-state index contributed by atoms with van der Waals surface area (Å²) in [6, 6.07) is 0. The van der Waals surface area contributed by atoms with Crippen molar-refractivity contribution in [3.8, 4) is 0 Å². The summed E-state index contributed by atoms with van der Waals surface area (Å²) in [5.41, 5.74) is 0. The van der Waals surface area contributed by atoms with E-state index in [1.165, 1.54) is 6.92 Å². The molecule has 0 N–H and O–H groups in total. The summed E-state index contributed by atoms with van der Waals surface area (Å²) in [5.74, 6) is -0.318. The topological polar surface area (TPSA) is 54.0 Å². The molecule has 0 spiro atoms. The highest BCUT2D eigenvalue weighted by molar-refractivity contribution is 5.66. The number of methoxy groups -OCH3 is 2. The van der Waals surface area contributed by atoms with Gasteiger partial charge in [-0.3, -0.25) is 4.79 Å². The van der Waals surface area contributed by atoms with E-state index in [9.17, 15) is 4.79 Å². The number of ether oxygens (including phenoxy) is 4. The number of carbonyl (C=O) groups is 1. The first-order valence-electron chi connectivity index (χ1n) is 4.94. The van der Waals surface area contributed by atoms with Crippen molar-refractivity contribution in [1.29, 1.82) is 0 Å². The fraction of sp³-hybridized carbons (Fsp3) is 0.900. The first-order chi connectivity index (χ1) is 7.10. The monoisotopic (exact) mass is 218 g/mol.